The number of carbonyl (C=O) groups excluding carboxylic acids is 2. The molecule has 3 rings (SSSR count). The number of methoxy groups -OCH3 is 2. The van der Waals surface area contributed by atoms with E-state index in [1.54, 1.807) is 16.9 Å². The molecule has 2 fully saturated rings. The molecule has 142 valence electrons. The summed E-state index contributed by atoms with van der Waals surface area (Å²) in [6.45, 7) is 2.20. The van der Waals surface area contributed by atoms with E-state index in [0.717, 1.165) is 12.8 Å². The third-order valence-electron chi connectivity index (χ3n) is 5.40. The van der Waals surface area contributed by atoms with Crippen LogP contribution in [-0.2, 0) is 9.53 Å². The van der Waals surface area contributed by atoms with E-state index in [-0.39, 0.29) is 23.1 Å². The van der Waals surface area contributed by atoms with Gasteiger partial charge in [0.2, 0.25) is 5.91 Å². The number of carbonyl (C=O) groups is 2. The summed E-state index contributed by atoms with van der Waals surface area (Å²) >= 11 is 0. The first kappa shape index (κ1) is 18.6. The first-order valence-corrected chi connectivity index (χ1v) is 8.97. The molecule has 2 aliphatic rings. The van der Waals surface area contributed by atoms with Crippen LogP contribution >= 0.6 is 0 Å². The van der Waals surface area contributed by atoms with E-state index in [0.29, 0.717) is 39.1 Å². The van der Waals surface area contributed by atoms with Gasteiger partial charge < -0.3 is 19.3 Å². The van der Waals surface area contributed by atoms with Gasteiger partial charge in [-0.3, -0.25) is 9.59 Å². The molecule has 0 aliphatic carbocycles. The number of likely N-dealkylation sites (tertiary alicyclic amines) is 2. The molecule has 1 unspecified atom stereocenters. The SMILES string of the molecule is COCCN1CCCC2(CCCN2C(=O)c2ccc(F)cc2OC)C1=O. The molecule has 0 N–H and O–H groups in total. The summed E-state index contributed by atoms with van der Waals surface area (Å²) in [5, 5.41) is 0. The summed E-state index contributed by atoms with van der Waals surface area (Å²) in [4.78, 5) is 29.9. The minimum Gasteiger partial charge on any atom is -0.496 e. The maximum Gasteiger partial charge on any atom is 0.258 e. The summed E-state index contributed by atoms with van der Waals surface area (Å²) < 4.78 is 23.8. The van der Waals surface area contributed by atoms with Gasteiger partial charge in [-0.2, -0.15) is 0 Å². The van der Waals surface area contributed by atoms with Crippen LogP contribution in [0.1, 0.15) is 36.0 Å². The third-order valence-corrected chi connectivity index (χ3v) is 5.40. The summed E-state index contributed by atoms with van der Waals surface area (Å²) in [6.07, 6.45) is 2.94. The minimum absolute atomic E-state index is 0.00673. The Balaban J connectivity index is 1.90. The monoisotopic (exact) mass is 364 g/mol. The lowest BCUT2D eigenvalue weighted by atomic mass is 9.85. The van der Waals surface area contributed by atoms with Gasteiger partial charge in [-0.05, 0) is 37.8 Å². The zero-order valence-corrected chi connectivity index (χ0v) is 15.3. The lowest BCUT2D eigenvalue weighted by Gasteiger charge is -2.44. The van der Waals surface area contributed by atoms with Crippen LogP contribution in [0.3, 0.4) is 0 Å². The Kier molecular flexibility index (Phi) is 5.46. The molecule has 1 atom stereocenters. The van der Waals surface area contributed by atoms with Crippen LogP contribution in [0.2, 0.25) is 0 Å². The predicted octanol–water partition coefficient (Wildman–Crippen LogP) is 2.08. The Hall–Kier alpha value is -2.15. The van der Waals surface area contributed by atoms with Crippen LogP contribution < -0.4 is 4.74 Å². The smallest absolute Gasteiger partial charge is 0.258 e. The van der Waals surface area contributed by atoms with Crippen molar-refractivity contribution >= 4 is 11.8 Å². The topological polar surface area (TPSA) is 59.1 Å². The average Bonchev–Trinajstić information content (AvgIpc) is 3.06. The van der Waals surface area contributed by atoms with Crippen molar-refractivity contribution in [2.24, 2.45) is 0 Å². The standard InChI is InChI=1S/C19H25FN2O4/c1-25-12-11-21-9-3-7-19(18(21)24)8-4-10-22(19)17(23)15-6-5-14(20)13-16(15)26-2/h5-6,13H,3-4,7-12H2,1-2H3. The molecule has 26 heavy (non-hydrogen) atoms. The number of hydrogen-bond donors (Lipinski definition) is 0. The van der Waals surface area contributed by atoms with Crippen LogP contribution in [0.5, 0.6) is 5.75 Å². The molecular formula is C19H25FN2O4. The van der Waals surface area contributed by atoms with E-state index >= 15 is 0 Å². The fourth-order valence-electron chi connectivity index (χ4n) is 4.12. The molecule has 2 saturated heterocycles. The summed E-state index contributed by atoms with van der Waals surface area (Å²) in [5.41, 5.74) is -0.514. The van der Waals surface area contributed by atoms with Gasteiger partial charge in [0.15, 0.2) is 0 Å². The van der Waals surface area contributed by atoms with Gasteiger partial charge in [0.25, 0.3) is 5.91 Å². The van der Waals surface area contributed by atoms with Gasteiger partial charge in [0.05, 0.1) is 19.3 Å². The Morgan fingerprint density at radius 1 is 1.23 bits per heavy atom. The van der Waals surface area contributed by atoms with Gasteiger partial charge in [-0.25, -0.2) is 4.39 Å². The first-order valence-electron chi connectivity index (χ1n) is 8.97. The van der Waals surface area contributed by atoms with E-state index < -0.39 is 11.4 Å². The van der Waals surface area contributed by atoms with Crippen LogP contribution in [0.4, 0.5) is 4.39 Å². The van der Waals surface area contributed by atoms with Crippen molar-refractivity contribution < 1.29 is 23.5 Å². The number of nitrogens with zero attached hydrogens (tertiary/aromatic N) is 2. The van der Waals surface area contributed by atoms with E-state index in [9.17, 15) is 14.0 Å². The molecule has 2 amide bonds. The number of halogens is 1. The molecule has 1 aromatic carbocycles. The van der Waals surface area contributed by atoms with Crippen LogP contribution in [0.25, 0.3) is 0 Å². The zero-order valence-electron chi connectivity index (χ0n) is 15.3. The van der Waals surface area contributed by atoms with Gasteiger partial charge in [0.1, 0.15) is 17.1 Å². The Morgan fingerprint density at radius 3 is 2.65 bits per heavy atom. The normalized spacial score (nSPS) is 23.0. The van der Waals surface area contributed by atoms with Crippen molar-refractivity contribution in [1.82, 2.24) is 9.80 Å². The quantitative estimate of drug-likeness (QED) is 0.803. The number of ether oxygens (including phenoxy) is 2. The number of hydrogen-bond acceptors (Lipinski definition) is 4. The molecule has 7 heteroatoms. The number of amides is 2. The van der Waals surface area contributed by atoms with Crippen molar-refractivity contribution in [3.8, 4) is 5.75 Å². The lowest BCUT2D eigenvalue weighted by molar-refractivity contribution is -0.146. The predicted molar refractivity (Wildman–Crippen MR) is 93.6 cm³/mol. The molecule has 0 bridgehead atoms. The second-order valence-electron chi connectivity index (χ2n) is 6.83. The van der Waals surface area contributed by atoms with Gasteiger partial charge in [-0.15, -0.1) is 0 Å². The second-order valence-corrected chi connectivity index (χ2v) is 6.83. The Labute approximate surface area is 152 Å². The summed E-state index contributed by atoms with van der Waals surface area (Å²) in [5.74, 6) is -0.556. The largest absolute Gasteiger partial charge is 0.496 e. The van der Waals surface area contributed by atoms with Gasteiger partial charge >= 0.3 is 0 Å². The van der Waals surface area contributed by atoms with Crippen molar-refractivity contribution in [2.75, 3.05) is 40.5 Å². The van der Waals surface area contributed by atoms with Crippen molar-refractivity contribution in [3.05, 3.63) is 29.6 Å². The highest BCUT2D eigenvalue weighted by atomic mass is 19.1. The van der Waals surface area contributed by atoms with E-state index in [1.807, 2.05) is 0 Å². The molecule has 0 aromatic heterocycles. The fourth-order valence-corrected chi connectivity index (χ4v) is 4.12. The van der Waals surface area contributed by atoms with E-state index in [2.05, 4.69) is 0 Å². The highest BCUT2D eigenvalue weighted by Gasteiger charge is 2.52. The average molecular weight is 364 g/mol. The number of benzene rings is 1. The van der Waals surface area contributed by atoms with Gasteiger partial charge in [0, 0.05) is 32.8 Å². The molecule has 2 aliphatic heterocycles. The fraction of sp³-hybridized carbons (Fsp3) is 0.579. The van der Waals surface area contributed by atoms with Crippen LogP contribution in [-0.4, -0.2) is 67.6 Å². The molecular weight excluding hydrogens is 339 g/mol. The molecule has 2 heterocycles. The van der Waals surface area contributed by atoms with Gasteiger partial charge in [-0.1, -0.05) is 0 Å². The zero-order chi connectivity index (χ0) is 18.7. The van der Waals surface area contributed by atoms with E-state index in [4.69, 9.17) is 9.47 Å². The maximum atomic E-state index is 13.5. The minimum atomic E-state index is -0.803. The summed E-state index contributed by atoms with van der Waals surface area (Å²) in [7, 11) is 3.01. The lowest BCUT2D eigenvalue weighted by Crippen LogP contribution is -2.61. The second kappa shape index (κ2) is 7.61. The molecule has 6 nitrogen and oxygen atoms in total. The molecule has 0 saturated carbocycles. The molecule has 1 aromatic rings. The highest BCUT2D eigenvalue weighted by molar-refractivity contribution is 6.01. The van der Waals surface area contributed by atoms with Crippen molar-refractivity contribution in [1.29, 1.82) is 0 Å². The summed E-state index contributed by atoms with van der Waals surface area (Å²) in [6, 6.07) is 3.87. The first-order chi connectivity index (χ1) is 12.5. The maximum absolute atomic E-state index is 13.5. The van der Waals surface area contributed by atoms with Crippen LogP contribution in [0.15, 0.2) is 18.2 Å². The van der Waals surface area contributed by atoms with Crippen molar-refractivity contribution in [2.45, 2.75) is 31.2 Å². The van der Waals surface area contributed by atoms with Crippen LogP contribution in [0, 0.1) is 5.82 Å². The molecule has 1 spiro atoms. The highest BCUT2D eigenvalue weighted by Crippen LogP contribution is 2.40. The third kappa shape index (κ3) is 3.16. The Morgan fingerprint density at radius 2 is 1.96 bits per heavy atom. The molecule has 0 radical (unpaired) electrons. The Bertz CT molecular complexity index is 696. The van der Waals surface area contributed by atoms with E-state index in [1.165, 1.54) is 25.3 Å². The number of piperidine rings is 1. The van der Waals surface area contributed by atoms with Crippen molar-refractivity contribution in [3.63, 3.8) is 0 Å². The number of rotatable bonds is 5.